The molecule has 17 heavy (non-hydrogen) atoms. The fourth-order valence-corrected chi connectivity index (χ4v) is 2.20. The van der Waals surface area contributed by atoms with Crippen molar-refractivity contribution in [2.24, 2.45) is 5.92 Å². The summed E-state index contributed by atoms with van der Waals surface area (Å²) in [5.41, 5.74) is 0. The average molecular weight is 235 g/mol. The summed E-state index contributed by atoms with van der Waals surface area (Å²) in [5.74, 6) is 2.34. The molecule has 4 nitrogen and oxygen atoms in total. The van der Waals surface area contributed by atoms with E-state index in [4.69, 9.17) is 4.74 Å². The minimum absolute atomic E-state index is 0.493. The van der Waals surface area contributed by atoms with E-state index in [1.54, 1.807) is 13.3 Å². The zero-order valence-corrected chi connectivity index (χ0v) is 10.7. The summed E-state index contributed by atoms with van der Waals surface area (Å²) < 4.78 is 5.10. The van der Waals surface area contributed by atoms with Crippen molar-refractivity contribution in [3.63, 3.8) is 0 Å². The summed E-state index contributed by atoms with van der Waals surface area (Å²) >= 11 is 0. The number of nitrogens with zero attached hydrogens (tertiary/aromatic N) is 1. The molecule has 0 radical (unpaired) electrons. The third-order valence-corrected chi connectivity index (χ3v) is 3.39. The largest absolute Gasteiger partial charge is 0.495 e. The van der Waals surface area contributed by atoms with Gasteiger partial charge >= 0.3 is 0 Å². The van der Waals surface area contributed by atoms with E-state index in [1.165, 1.54) is 0 Å². The van der Waals surface area contributed by atoms with E-state index in [1.807, 2.05) is 12.1 Å². The van der Waals surface area contributed by atoms with Crippen LogP contribution in [-0.2, 0) is 0 Å². The summed E-state index contributed by atoms with van der Waals surface area (Å²) in [6.07, 6.45) is 2.88. The van der Waals surface area contributed by atoms with Gasteiger partial charge in [-0.3, -0.25) is 0 Å². The van der Waals surface area contributed by atoms with E-state index >= 15 is 0 Å². The summed E-state index contributed by atoms with van der Waals surface area (Å²) in [5, 5.41) is 6.99. The summed E-state index contributed by atoms with van der Waals surface area (Å²) in [7, 11) is 1.65. The molecule has 1 aromatic heterocycles. The van der Waals surface area contributed by atoms with Gasteiger partial charge in [0.1, 0.15) is 11.6 Å². The Morgan fingerprint density at radius 1 is 1.41 bits per heavy atom. The Kier molecular flexibility index (Phi) is 3.84. The van der Waals surface area contributed by atoms with E-state index in [0.29, 0.717) is 18.0 Å². The van der Waals surface area contributed by atoms with Crippen LogP contribution in [0.1, 0.15) is 20.3 Å². The van der Waals surface area contributed by atoms with Gasteiger partial charge in [-0.1, -0.05) is 6.92 Å². The molecule has 0 unspecified atom stereocenters. The van der Waals surface area contributed by atoms with Crippen LogP contribution in [0.5, 0.6) is 5.75 Å². The number of piperidine rings is 1. The maximum Gasteiger partial charge on any atom is 0.137 e. The van der Waals surface area contributed by atoms with Crippen molar-refractivity contribution < 1.29 is 4.74 Å². The van der Waals surface area contributed by atoms with Crippen LogP contribution >= 0.6 is 0 Å². The molecule has 0 bridgehead atoms. The van der Waals surface area contributed by atoms with Crippen molar-refractivity contribution in [1.29, 1.82) is 0 Å². The highest BCUT2D eigenvalue weighted by Crippen LogP contribution is 2.20. The first-order valence-electron chi connectivity index (χ1n) is 6.19. The summed E-state index contributed by atoms with van der Waals surface area (Å²) in [4.78, 5) is 4.35. The first-order chi connectivity index (χ1) is 8.19. The van der Waals surface area contributed by atoms with Gasteiger partial charge in [0.25, 0.3) is 0 Å². The lowest BCUT2D eigenvalue weighted by atomic mass is 9.91. The molecule has 1 aromatic rings. The number of rotatable bonds is 3. The Labute approximate surface area is 103 Å². The van der Waals surface area contributed by atoms with Gasteiger partial charge in [-0.05, 0) is 37.9 Å². The normalized spacial score (nSPS) is 28.8. The number of aromatic nitrogens is 1. The average Bonchev–Trinajstić information content (AvgIpc) is 2.35. The molecule has 1 fully saturated rings. The van der Waals surface area contributed by atoms with Gasteiger partial charge in [-0.15, -0.1) is 0 Å². The monoisotopic (exact) mass is 235 g/mol. The highest BCUT2D eigenvalue weighted by molar-refractivity contribution is 5.38. The van der Waals surface area contributed by atoms with Crippen LogP contribution in [0.15, 0.2) is 18.3 Å². The molecule has 0 spiro atoms. The molecule has 2 heterocycles. The van der Waals surface area contributed by atoms with Gasteiger partial charge in [0, 0.05) is 12.1 Å². The van der Waals surface area contributed by atoms with Crippen molar-refractivity contribution >= 4 is 5.82 Å². The molecular weight excluding hydrogens is 214 g/mol. The Morgan fingerprint density at radius 3 is 2.88 bits per heavy atom. The maximum atomic E-state index is 5.10. The summed E-state index contributed by atoms with van der Waals surface area (Å²) in [6.45, 7) is 5.55. The van der Waals surface area contributed by atoms with Gasteiger partial charge in [0.15, 0.2) is 0 Å². The van der Waals surface area contributed by atoms with Crippen molar-refractivity contribution in [2.75, 3.05) is 19.0 Å². The lowest BCUT2D eigenvalue weighted by Gasteiger charge is -2.34. The molecule has 0 aromatic carbocycles. The van der Waals surface area contributed by atoms with E-state index in [9.17, 15) is 0 Å². The molecule has 4 heteroatoms. The summed E-state index contributed by atoms with van der Waals surface area (Å²) in [6, 6.07) is 4.97. The SMILES string of the molecule is COc1ccc(N[C@H]2C[C@H](C)NC[C@H]2C)nc1. The number of nitrogens with one attached hydrogen (secondary N) is 2. The number of anilines is 1. The Hall–Kier alpha value is -1.29. The molecule has 0 saturated carbocycles. The molecule has 3 atom stereocenters. The number of ether oxygens (including phenoxy) is 1. The zero-order chi connectivity index (χ0) is 12.3. The van der Waals surface area contributed by atoms with Crippen LogP contribution in [0.3, 0.4) is 0 Å². The van der Waals surface area contributed by atoms with E-state index in [2.05, 4.69) is 29.5 Å². The van der Waals surface area contributed by atoms with Crippen LogP contribution in [0.4, 0.5) is 5.82 Å². The Balaban J connectivity index is 1.98. The van der Waals surface area contributed by atoms with Crippen LogP contribution < -0.4 is 15.4 Å². The Bertz CT molecular complexity index is 352. The van der Waals surface area contributed by atoms with Crippen molar-refractivity contribution in [2.45, 2.75) is 32.4 Å². The minimum atomic E-state index is 0.493. The van der Waals surface area contributed by atoms with Crippen molar-refractivity contribution in [3.8, 4) is 5.75 Å². The lowest BCUT2D eigenvalue weighted by Crippen LogP contribution is -2.47. The molecule has 94 valence electrons. The minimum Gasteiger partial charge on any atom is -0.495 e. The second kappa shape index (κ2) is 5.36. The molecule has 0 aliphatic carbocycles. The number of pyridine rings is 1. The molecule has 1 aliphatic rings. The second-order valence-corrected chi connectivity index (χ2v) is 4.86. The van der Waals surface area contributed by atoms with Crippen LogP contribution in [-0.4, -0.2) is 30.7 Å². The fraction of sp³-hybridized carbons (Fsp3) is 0.615. The predicted molar refractivity (Wildman–Crippen MR) is 69.4 cm³/mol. The first kappa shape index (κ1) is 12.2. The quantitative estimate of drug-likeness (QED) is 0.840. The van der Waals surface area contributed by atoms with Crippen molar-refractivity contribution in [3.05, 3.63) is 18.3 Å². The molecule has 1 aliphatic heterocycles. The van der Waals surface area contributed by atoms with Gasteiger partial charge in [-0.2, -0.15) is 0 Å². The molecule has 2 rings (SSSR count). The van der Waals surface area contributed by atoms with Crippen LogP contribution in [0.25, 0.3) is 0 Å². The van der Waals surface area contributed by atoms with E-state index in [-0.39, 0.29) is 0 Å². The van der Waals surface area contributed by atoms with Gasteiger partial charge < -0.3 is 15.4 Å². The lowest BCUT2D eigenvalue weighted by molar-refractivity contribution is 0.313. The number of hydrogen-bond donors (Lipinski definition) is 2. The predicted octanol–water partition coefficient (Wildman–Crippen LogP) is 1.89. The molecule has 1 saturated heterocycles. The van der Waals surface area contributed by atoms with E-state index < -0.39 is 0 Å². The first-order valence-corrected chi connectivity index (χ1v) is 6.19. The van der Waals surface area contributed by atoms with Crippen LogP contribution in [0, 0.1) is 5.92 Å². The highest BCUT2D eigenvalue weighted by atomic mass is 16.5. The third-order valence-electron chi connectivity index (χ3n) is 3.39. The zero-order valence-electron chi connectivity index (χ0n) is 10.7. The van der Waals surface area contributed by atoms with Gasteiger partial charge in [-0.25, -0.2) is 4.98 Å². The Morgan fingerprint density at radius 2 is 2.24 bits per heavy atom. The van der Waals surface area contributed by atoms with Crippen molar-refractivity contribution in [1.82, 2.24) is 10.3 Å². The highest BCUT2D eigenvalue weighted by Gasteiger charge is 2.24. The number of methoxy groups -OCH3 is 1. The smallest absolute Gasteiger partial charge is 0.137 e. The molecule has 0 amide bonds. The van der Waals surface area contributed by atoms with Gasteiger partial charge in [0.2, 0.25) is 0 Å². The van der Waals surface area contributed by atoms with E-state index in [0.717, 1.165) is 24.5 Å². The standard InChI is InChI=1S/C13H21N3O/c1-9-7-14-10(2)6-12(9)16-13-5-4-11(17-3)8-15-13/h4-5,8-10,12,14H,6-7H2,1-3H3,(H,15,16)/t9-,10+,12+/m1/s1. The second-order valence-electron chi connectivity index (χ2n) is 4.86. The number of hydrogen-bond acceptors (Lipinski definition) is 4. The topological polar surface area (TPSA) is 46.2 Å². The molecule has 2 N–H and O–H groups in total. The third kappa shape index (κ3) is 3.09. The molecular formula is C13H21N3O. The van der Waals surface area contributed by atoms with Crippen LogP contribution in [0.2, 0.25) is 0 Å². The van der Waals surface area contributed by atoms with Gasteiger partial charge in [0.05, 0.1) is 13.3 Å². The maximum absolute atomic E-state index is 5.10. The fourth-order valence-electron chi connectivity index (χ4n) is 2.20.